The van der Waals surface area contributed by atoms with E-state index in [1.165, 1.54) is 5.56 Å². The molecule has 1 aromatic rings. The summed E-state index contributed by atoms with van der Waals surface area (Å²) in [6.07, 6.45) is 2.27. The lowest BCUT2D eigenvalue weighted by molar-refractivity contribution is -0.126. The summed E-state index contributed by atoms with van der Waals surface area (Å²) < 4.78 is 4.98. The second-order valence-electron chi connectivity index (χ2n) is 8.03. The third-order valence-electron chi connectivity index (χ3n) is 4.98. The first-order valence-corrected chi connectivity index (χ1v) is 9.49. The van der Waals surface area contributed by atoms with E-state index in [0.717, 1.165) is 24.8 Å². The van der Waals surface area contributed by atoms with Gasteiger partial charge in [0.1, 0.15) is 0 Å². The van der Waals surface area contributed by atoms with Crippen LogP contribution in [0.3, 0.4) is 0 Å². The fourth-order valence-electron chi connectivity index (χ4n) is 3.21. The zero-order valence-corrected chi connectivity index (χ0v) is 16.5. The monoisotopic (exact) mass is 360 g/mol. The first-order chi connectivity index (χ1) is 12.3. The van der Waals surface area contributed by atoms with Crippen molar-refractivity contribution in [3.63, 3.8) is 0 Å². The number of piperidine rings is 1. The molecule has 0 aliphatic carbocycles. The second-order valence-corrected chi connectivity index (χ2v) is 8.03. The lowest BCUT2D eigenvalue weighted by Crippen LogP contribution is -2.43. The number of benzene rings is 1. The summed E-state index contributed by atoms with van der Waals surface area (Å²) in [4.78, 5) is 26.7. The Bertz CT molecular complexity index is 597. The van der Waals surface area contributed by atoms with Crippen LogP contribution in [-0.4, -0.2) is 50.1 Å². The Morgan fingerprint density at radius 3 is 2.31 bits per heavy atom. The van der Waals surface area contributed by atoms with Crippen molar-refractivity contribution in [2.75, 3.05) is 33.4 Å². The van der Waals surface area contributed by atoms with Gasteiger partial charge in [-0.2, -0.15) is 0 Å². The largest absolute Gasteiger partial charge is 0.385 e. The first kappa shape index (κ1) is 20.4. The van der Waals surface area contributed by atoms with Gasteiger partial charge in [0.2, 0.25) is 5.91 Å². The van der Waals surface area contributed by atoms with E-state index in [0.29, 0.717) is 26.2 Å². The third kappa shape index (κ3) is 5.56. The number of nitrogens with one attached hydrogen (secondary N) is 1. The minimum Gasteiger partial charge on any atom is -0.385 e. The molecule has 0 radical (unpaired) electrons. The maximum atomic E-state index is 12.7. The van der Waals surface area contributed by atoms with Gasteiger partial charge in [0.25, 0.3) is 5.91 Å². The summed E-state index contributed by atoms with van der Waals surface area (Å²) in [5.41, 5.74) is 2.02. The SMILES string of the molecule is COCCCNC(=O)C1CCN(C(=O)c2ccc(C(C)(C)C)cc2)CC1. The van der Waals surface area contributed by atoms with Crippen molar-refractivity contribution in [3.05, 3.63) is 35.4 Å². The highest BCUT2D eigenvalue weighted by atomic mass is 16.5. The van der Waals surface area contributed by atoms with Gasteiger partial charge in [-0.1, -0.05) is 32.9 Å². The number of ether oxygens (including phenoxy) is 1. The highest BCUT2D eigenvalue weighted by Crippen LogP contribution is 2.24. The summed E-state index contributed by atoms with van der Waals surface area (Å²) in [5, 5.41) is 2.96. The Kier molecular flexibility index (Phi) is 7.21. The van der Waals surface area contributed by atoms with Crippen LogP contribution in [0.1, 0.15) is 56.0 Å². The van der Waals surface area contributed by atoms with Crippen LogP contribution >= 0.6 is 0 Å². The topological polar surface area (TPSA) is 58.6 Å². The molecular formula is C21H32N2O3. The van der Waals surface area contributed by atoms with E-state index in [9.17, 15) is 9.59 Å². The smallest absolute Gasteiger partial charge is 0.253 e. The number of carbonyl (C=O) groups excluding carboxylic acids is 2. The molecule has 0 aromatic heterocycles. The van der Waals surface area contributed by atoms with Crippen molar-refractivity contribution in [1.82, 2.24) is 10.2 Å². The first-order valence-electron chi connectivity index (χ1n) is 9.49. The Morgan fingerprint density at radius 1 is 1.15 bits per heavy atom. The number of likely N-dealkylation sites (tertiary alicyclic amines) is 1. The van der Waals surface area contributed by atoms with E-state index < -0.39 is 0 Å². The number of hydrogen-bond donors (Lipinski definition) is 1. The van der Waals surface area contributed by atoms with Crippen molar-refractivity contribution in [3.8, 4) is 0 Å². The molecule has 0 atom stereocenters. The van der Waals surface area contributed by atoms with Crippen LogP contribution in [0.25, 0.3) is 0 Å². The molecule has 5 nitrogen and oxygen atoms in total. The van der Waals surface area contributed by atoms with Crippen molar-refractivity contribution in [1.29, 1.82) is 0 Å². The van der Waals surface area contributed by atoms with Crippen LogP contribution in [-0.2, 0) is 14.9 Å². The lowest BCUT2D eigenvalue weighted by atomic mass is 9.86. The molecule has 1 saturated heterocycles. The number of carbonyl (C=O) groups is 2. The molecule has 144 valence electrons. The van der Waals surface area contributed by atoms with E-state index in [1.54, 1.807) is 7.11 Å². The summed E-state index contributed by atoms with van der Waals surface area (Å²) in [6, 6.07) is 7.90. The van der Waals surface area contributed by atoms with Gasteiger partial charge >= 0.3 is 0 Å². The number of amides is 2. The van der Waals surface area contributed by atoms with E-state index in [-0.39, 0.29) is 23.1 Å². The van der Waals surface area contributed by atoms with Gasteiger partial charge in [0.15, 0.2) is 0 Å². The van der Waals surface area contributed by atoms with Crippen LogP contribution in [0.5, 0.6) is 0 Å². The molecule has 0 unspecified atom stereocenters. The molecule has 1 aliphatic rings. The number of hydrogen-bond acceptors (Lipinski definition) is 3. The highest BCUT2D eigenvalue weighted by molar-refractivity contribution is 5.94. The summed E-state index contributed by atoms with van der Waals surface area (Å²) in [7, 11) is 1.66. The van der Waals surface area contributed by atoms with Gasteiger partial charge in [-0.3, -0.25) is 9.59 Å². The predicted molar refractivity (Wildman–Crippen MR) is 103 cm³/mol. The minimum atomic E-state index is 0.00450. The predicted octanol–water partition coefficient (Wildman–Crippen LogP) is 2.99. The summed E-state index contributed by atoms with van der Waals surface area (Å²) >= 11 is 0. The molecule has 1 aliphatic heterocycles. The average molecular weight is 360 g/mol. The Balaban J connectivity index is 1.83. The van der Waals surface area contributed by atoms with Crippen LogP contribution in [0.15, 0.2) is 24.3 Å². The molecular weight excluding hydrogens is 328 g/mol. The molecule has 0 spiro atoms. The van der Waals surface area contributed by atoms with Gasteiger partial charge < -0.3 is 15.0 Å². The molecule has 1 fully saturated rings. The fraction of sp³-hybridized carbons (Fsp3) is 0.619. The lowest BCUT2D eigenvalue weighted by Gasteiger charge is -2.31. The van der Waals surface area contributed by atoms with Crippen LogP contribution < -0.4 is 5.32 Å². The van der Waals surface area contributed by atoms with Crippen LogP contribution in [0, 0.1) is 5.92 Å². The molecule has 1 aromatic carbocycles. The normalized spacial score (nSPS) is 15.8. The average Bonchev–Trinajstić information content (AvgIpc) is 2.64. The number of nitrogens with zero attached hydrogens (tertiary/aromatic N) is 1. The number of methoxy groups -OCH3 is 1. The zero-order valence-electron chi connectivity index (χ0n) is 16.5. The highest BCUT2D eigenvalue weighted by Gasteiger charge is 2.27. The van der Waals surface area contributed by atoms with Gasteiger partial charge in [0.05, 0.1) is 0 Å². The Labute approximate surface area is 157 Å². The fourth-order valence-corrected chi connectivity index (χ4v) is 3.21. The molecule has 26 heavy (non-hydrogen) atoms. The molecule has 5 heteroatoms. The van der Waals surface area contributed by atoms with Crippen LogP contribution in [0.4, 0.5) is 0 Å². The molecule has 1 N–H and O–H groups in total. The summed E-state index contributed by atoms with van der Waals surface area (Å²) in [5.74, 6) is 0.164. The summed E-state index contributed by atoms with van der Waals surface area (Å²) in [6.45, 7) is 9.05. The van der Waals surface area contributed by atoms with Gasteiger partial charge in [-0.05, 0) is 42.4 Å². The van der Waals surface area contributed by atoms with Gasteiger partial charge in [0, 0.05) is 44.8 Å². The van der Waals surface area contributed by atoms with Gasteiger partial charge in [-0.15, -0.1) is 0 Å². The quantitative estimate of drug-likeness (QED) is 0.794. The van der Waals surface area contributed by atoms with Gasteiger partial charge in [-0.25, -0.2) is 0 Å². The minimum absolute atomic E-state index is 0.00450. The zero-order chi connectivity index (χ0) is 19.2. The van der Waals surface area contributed by atoms with E-state index >= 15 is 0 Å². The standard InChI is InChI=1S/C21H32N2O3/c1-21(2,3)18-8-6-17(7-9-18)20(25)23-13-10-16(11-14-23)19(24)22-12-5-15-26-4/h6-9,16H,5,10-15H2,1-4H3,(H,22,24). The van der Waals surface area contributed by atoms with E-state index in [2.05, 4.69) is 26.1 Å². The van der Waals surface area contributed by atoms with E-state index in [1.807, 2.05) is 29.2 Å². The van der Waals surface area contributed by atoms with Crippen molar-refractivity contribution < 1.29 is 14.3 Å². The van der Waals surface area contributed by atoms with Crippen LogP contribution in [0.2, 0.25) is 0 Å². The Morgan fingerprint density at radius 2 is 1.77 bits per heavy atom. The van der Waals surface area contributed by atoms with E-state index in [4.69, 9.17) is 4.74 Å². The molecule has 1 heterocycles. The molecule has 2 amide bonds. The molecule has 0 saturated carbocycles. The second kappa shape index (κ2) is 9.17. The third-order valence-corrected chi connectivity index (χ3v) is 4.98. The van der Waals surface area contributed by atoms with Crippen molar-refractivity contribution in [2.24, 2.45) is 5.92 Å². The number of rotatable bonds is 6. The molecule has 0 bridgehead atoms. The maximum absolute atomic E-state index is 12.7. The van der Waals surface area contributed by atoms with Crippen molar-refractivity contribution in [2.45, 2.75) is 45.4 Å². The molecule has 2 rings (SSSR count). The Hall–Kier alpha value is -1.88. The van der Waals surface area contributed by atoms with Crippen molar-refractivity contribution >= 4 is 11.8 Å². The maximum Gasteiger partial charge on any atom is 0.253 e.